The molecular weight excluding hydrogens is 256 g/mol. The lowest BCUT2D eigenvalue weighted by Gasteiger charge is -2.27. The minimum atomic E-state index is -1.13. The molecule has 2 aliphatic rings. The van der Waals surface area contributed by atoms with Crippen molar-refractivity contribution in [2.45, 2.75) is 13.0 Å². The maximum atomic E-state index is 12.3. The van der Waals surface area contributed by atoms with Gasteiger partial charge < -0.3 is 15.2 Å². The zero-order chi connectivity index (χ0) is 14.1. The molecule has 2 bridgehead atoms. The van der Waals surface area contributed by atoms with Gasteiger partial charge in [0.25, 0.3) is 0 Å². The van der Waals surface area contributed by atoms with Gasteiger partial charge in [0.1, 0.15) is 0 Å². The number of carbonyl (C=O) groups is 2. The van der Waals surface area contributed by atoms with Gasteiger partial charge >= 0.3 is 0 Å². The van der Waals surface area contributed by atoms with Crippen LogP contribution in [0.5, 0.6) is 0 Å². The standard InChI is InChI=1S/C15H16N2O3/c18-14(17-8-11-3-1-2-6-16-11)12-9-4-5-10(7-9)13(12)15(19)20/h1-6,9-10,12-13H,7-8H2,(H,17,18)(H,19,20)/p-1/t9-,10+,12+,13-/m0/s1. The van der Waals surface area contributed by atoms with E-state index < -0.39 is 17.8 Å². The van der Waals surface area contributed by atoms with E-state index in [-0.39, 0.29) is 17.7 Å². The summed E-state index contributed by atoms with van der Waals surface area (Å²) in [4.78, 5) is 27.6. The molecule has 3 rings (SSSR count). The largest absolute Gasteiger partial charge is 0.550 e. The number of amides is 1. The lowest BCUT2D eigenvalue weighted by molar-refractivity contribution is -0.313. The molecular formula is C15H15N2O3-. The molecule has 1 saturated carbocycles. The summed E-state index contributed by atoms with van der Waals surface area (Å²) in [7, 11) is 0. The monoisotopic (exact) mass is 271 g/mol. The summed E-state index contributed by atoms with van der Waals surface area (Å²) in [6, 6.07) is 5.47. The van der Waals surface area contributed by atoms with Crippen molar-refractivity contribution in [3.05, 3.63) is 42.2 Å². The Morgan fingerprint density at radius 1 is 1.25 bits per heavy atom. The van der Waals surface area contributed by atoms with E-state index in [0.29, 0.717) is 6.54 Å². The normalized spacial score (nSPS) is 30.4. The molecule has 5 heteroatoms. The smallest absolute Gasteiger partial charge is 0.224 e. The highest BCUT2D eigenvalue weighted by Gasteiger charge is 2.48. The minimum Gasteiger partial charge on any atom is -0.550 e. The Kier molecular flexibility index (Phi) is 3.26. The number of rotatable bonds is 4. The van der Waals surface area contributed by atoms with Crippen LogP contribution in [0.25, 0.3) is 0 Å². The first-order valence-corrected chi connectivity index (χ1v) is 6.73. The molecule has 0 spiro atoms. The van der Waals surface area contributed by atoms with Crippen LogP contribution in [0.2, 0.25) is 0 Å². The van der Waals surface area contributed by atoms with E-state index in [1.165, 1.54) is 0 Å². The third kappa shape index (κ3) is 2.19. The molecule has 1 N–H and O–H groups in total. The maximum Gasteiger partial charge on any atom is 0.224 e. The molecule has 0 saturated heterocycles. The van der Waals surface area contributed by atoms with Crippen LogP contribution in [0.3, 0.4) is 0 Å². The molecule has 0 unspecified atom stereocenters. The second kappa shape index (κ2) is 5.07. The predicted molar refractivity (Wildman–Crippen MR) is 68.8 cm³/mol. The zero-order valence-electron chi connectivity index (χ0n) is 10.9. The number of hydrogen-bond acceptors (Lipinski definition) is 4. The molecule has 0 aromatic carbocycles. The molecule has 1 aromatic heterocycles. The maximum absolute atomic E-state index is 12.3. The summed E-state index contributed by atoms with van der Waals surface area (Å²) in [6.45, 7) is 0.317. The minimum absolute atomic E-state index is 0.0200. The number of nitrogens with zero attached hydrogens (tertiary/aromatic N) is 1. The molecule has 4 atom stereocenters. The predicted octanol–water partition coefficient (Wildman–Crippen LogP) is -0.114. The summed E-state index contributed by atoms with van der Waals surface area (Å²) in [6.07, 6.45) is 6.24. The van der Waals surface area contributed by atoms with Gasteiger partial charge in [-0.05, 0) is 30.4 Å². The Balaban J connectivity index is 1.68. The van der Waals surface area contributed by atoms with E-state index in [2.05, 4.69) is 10.3 Å². The van der Waals surface area contributed by atoms with Gasteiger partial charge in [0.05, 0.1) is 18.2 Å². The molecule has 0 radical (unpaired) electrons. The van der Waals surface area contributed by atoms with Crippen LogP contribution >= 0.6 is 0 Å². The first kappa shape index (κ1) is 12.8. The number of pyridine rings is 1. The molecule has 20 heavy (non-hydrogen) atoms. The third-order valence-electron chi connectivity index (χ3n) is 4.20. The highest BCUT2D eigenvalue weighted by molar-refractivity contribution is 5.86. The third-order valence-corrected chi connectivity index (χ3v) is 4.20. The van der Waals surface area contributed by atoms with Crippen LogP contribution in [0.4, 0.5) is 0 Å². The van der Waals surface area contributed by atoms with Gasteiger partial charge in [-0.1, -0.05) is 18.2 Å². The number of aliphatic carboxylic acids is 1. The lowest BCUT2D eigenvalue weighted by atomic mass is 9.82. The van der Waals surface area contributed by atoms with Gasteiger partial charge in [-0.2, -0.15) is 0 Å². The summed E-state index contributed by atoms with van der Waals surface area (Å²) in [5.41, 5.74) is 0.754. The SMILES string of the molecule is O=C([O-])[C@@H]1[C@H](C(=O)NCc2ccccn2)[C@H]2C=C[C@@H]1C2. The molecule has 1 fully saturated rings. The van der Waals surface area contributed by atoms with E-state index in [9.17, 15) is 14.7 Å². The Hall–Kier alpha value is -2.17. The van der Waals surface area contributed by atoms with Crippen molar-refractivity contribution < 1.29 is 14.7 Å². The fraction of sp³-hybridized carbons (Fsp3) is 0.400. The van der Waals surface area contributed by atoms with Gasteiger partial charge in [0.2, 0.25) is 5.91 Å². The quantitative estimate of drug-likeness (QED) is 0.774. The Morgan fingerprint density at radius 3 is 2.65 bits per heavy atom. The van der Waals surface area contributed by atoms with Crippen LogP contribution in [0, 0.1) is 23.7 Å². The van der Waals surface area contributed by atoms with Gasteiger partial charge in [-0.15, -0.1) is 0 Å². The van der Waals surface area contributed by atoms with Crippen LogP contribution in [0.1, 0.15) is 12.1 Å². The Labute approximate surface area is 116 Å². The first-order chi connectivity index (χ1) is 9.66. The number of allylic oxidation sites excluding steroid dienone is 2. The summed E-state index contributed by atoms with van der Waals surface area (Å²) in [5, 5.41) is 14.0. The number of nitrogens with one attached hydrogen (secondary N) is 1. The highest BCUT2D eigenvalue weighted by Crippen LogP contribution is 2.47. The first-order valence-electron chi connectivity index (χ1n) is 6.73. The van der Waals surface area contributed by atoms with Gasteiger partial charge in [-0.25, -0.2) is 0 Å². The summed E-state index contributed by atoms with van der Waals surface area (Å²) < 4.78 is 0. The average Bonchev–Trinajstić information content (AvgIpc) is 3.06. The van der Waals surface area contributed by atoms with E-state index in [1.807, 2.05) is 24.3 Å². The summed E-state index contributed by atoms with van der Waals surface area (Å²) >= 11 is 0. The number of aromatic nitrogens is 1. The molecule has 2 aliphatic carbocycles. The van der Waals surface area contributed by atoms with E-state index in [0.717, 1.165) is 12.1 Å². The van der Waals surface area contributed by atoms with Crippen molar-refractivity contribution in [1.82, 2.24) is 10.3 Å². The zero-order valence-corrected chi connectivity index (χ0v) is 10.9. The number of hydrogen-bond donors (Lipinski definition) is 1. The second-order valence-electron chi connectivity index (χ2n) is 5.36. The lowest BCUT2D eigenvalue weighted by Crippen LogP contribution is -2.44. The molecule has 104 valence electrons. The van der Waals surface area contributed by atoms with Crippen LogP contribution in [0.15, 0.2) is 36.5 Å². The van der Waals surface area contributed by atoms with Crippen LogP contribution in [-0.4, -0.2) is 16.9 Å². The van der Waals surface area contributed by atoms with E-state index in [4.69, 9.17) is 0 Å². The van der Waals surface area contributed by atoms with Crippen molar-refractivity contribution in [3.63, 3.8) is 0 Å². The molecule has 1 amide bonds. The van der Waals surface area contributed by atoms with Crippen LogP contribution < -0.4 is 10.4 Å². The fourth-order valence-corrected chi connectivity index (χ4v) is 3.30. The van der Waals surface area contributed by atoms with Crippen molar-refractivity contribution in [2.24, 2.45) is 23.7 Å². The topological polar surface area (TPSA) is 82.1 Å². The van der Waals surface area contributed by atoms with Crippen molar-refractivity contribution in [3.8, 4) is 0 Å². The molecule has 1 heterocycles. The van der Waals surface area contributed by atoms with E-state index in [1.54, 1.807) is 12.3 Å². The van der Waals surface area contributed by atoms with Crippen molar-refractivity contribution in [1.29, 1.82) is 0 Å². The Bertz CT molecular complexity index is 555. The van der Waals surface area contributed by atoms with Gasteiger partial charge in [0, 0.05) is 18.1 Å². The number of carboxylic acid groups (broad SMARTS) is 1. The average molecular weight is 271 g/mol. The highest BCUT2D eigenvalue weighted by atomic mass is 16.4. The fourth-order valence-electron chi connectivity index (χ4n) is 3.30. The molecule has 5 nitrogen and oxygen atoms in total. The van der Waals surface area contributed by atoms with Crippen molar-refractivity contribution >= 4 is 11.9 Å². The Morgan fingerprint density at radius 2 is 2.00 bits per heavy atom. The molecule has 1 aromatic rings. The van der Waals surface area contributed by atoms with Crippen LogP contribution in [-0.2, 0) is 16.1 Å². The number of fused-ring (bicyclic) bond motifs is 2. The van der Waals surface area contributed by atoms with E-state index >= 15 is 0 Å². The van der Waals surface area contributed by atoms with Crippen molar-refractivity contribution in [2.75, 3.05) is 0 Å². The number of carboxylic acids is 1. The van der Waals surface area contributed by atoms with Gasteiger partial charge in [-0.3, -0.25) is 9.78 Å². The number of carbonyl (C=O) groups excluding carboxylic acids is 2. The molecule has 0 aliphatic heterocycles. The second-order valence-corrected chi connectivity index (χ2v) is 5.36. The summed E-state index contributed by atoms with van der Waals surface area (Å²) in [5.74, 6) is -2.60. The van der Waals surface area contributed by atoms with Gasteiger partial charge in [0.15, 0.2) is 0 Å².